The first kappa shape index (κ1) is 6.15. The highest BCUT2D eigenvalue weighted by atomic mass is 14.6. The van der Waals surface area contributed by atoms with Crippen molar-refractivity contribution < 1.29 is 0 Å². The van der Waals surface area contributed by atoms with Crippen molar-refractivity contribution in [2.24, 2.45) is 11.7 Å². The molecule has 0 heterocycles. The van der Waals surface area contributed by atoms with Gasteiger partial charge in [-0.05, 0) is 25.3 Å². The van der Waals surface area contributed by atoms with Crippen molar-refractivity contribution in [2.75, 3.05) is 0 Å². The minimum atomic E-state index is 0.0822. The van der Waals surface area contributed by atoms with Crippen molar-refractivity contribution in [2.45, 2.75) is 19.3 Å². The zero-order valence-corrected chi connectivity index (χ0v) is 5.30. The van der Waals surface area contributed by atoms with E-state index in [1.54, 1.807) is 0 Å². The van der Waals surface area contributed by atoms with Gasteiger partial charge >= 0.3 is 0 Å². The highest BCUT2D eigenvalue weighted by Gasteiger charge is 2.09. The smallest absolute Gasteiger partial charge is 0.0698 e. The number of nitriles is 1. The van der Waals surface area contributed by atoms with Gasteiger partial charge in [0.05, 0.1) is 12.0 Å². The highest BCUT2D eigenvalue weighted by Crippen LogP contribution is 2.18. The molecular weight excluding hydrogens is 112 g/mol. The molecule has 9 heavy (non-hydrogen) atoms. The molecule has 0 aromatic carbocycles. The number of nitrogens with zero attached hydrogens (tertiary/aromatic N) is 1. The summed E-state index contributed by atoms with van der Waals surface area (Å²) in [6.07, 6.45) is 4.89. The Morgan fingerprint density at radius 2 is 2.56 bits per heavy atom. The number of hydrogen-bond acceptors (Lipinski definition) is 2. The van der Waals surface area contributed by atoms with Crippen molar-refractivity contribution in [3.05, 3.63) is 11.8 Å². The lowest BCUT2D eigenvalue weighted by Crippen LogP contribution is -2.07. The van der Waals surface area contributed by atoms with Gasteiger partial charge in [-0.1, -0.05) is 0 Å². The van der Waals surface area contributed by atoms with Crippen LogP contribution in [0.4, 0.5) is 0 Å². The molecule has 0 bridgehead atoms. The van der Waals surface area contributed by atoms with Crippen LogP contribution < -0.4 is 5.73 Å². The molecule has 0 aromatic heterocycles. The maximum atomic E-state index is 8.46. The van der Waals surface area contributed by atoms with E-state index in [9.17, 15) is 0 Å². The van der Waals surface area contributed by atoms with Crippen LogP contribution in [0, 0.1) is 17.2 Å². The minimum Gasteiger partial charge on any atom is -0.402 e. The lowest BCUT2D eigenvalue weighted by atomic mass is 9.95. The molecule has 1 rings (SSSR count). The summed E-state index contributed by atoms with van der Waals surface area (Å²) in [7, 11) is 0. The first-order valence-corrected chi connectivity index (χ1v) is 3.18. The number of hydrogen-bond donors (Lipinski definition) is 1. The summed E-state index contributed by atoms with van der Waals surface area (Å²) >= 11 is 0. The van der Waals surface area contributed by atoms with Crippen LogP contribution in [0.25, 0.3) is 0 Å². The predicted octanol–water partition coefficient (Wildman–Crippen LogP) is 1.15. The lowest BCUT2D eigenvalue weighted by Gasteiger charge is -2.11. The fraction of sp³-hybridized carbons (Fsp3) is 0.571. The summed E-state index contributed by atoms with van der Waals surface area (Å²) in [5.74, 6) is 0.0822. The molecule has 0 saturated carbocycles. The summed E-state index contributed by atoms with van der Waals surface area (Å²) in [5.41, 5.74) is 6.39. The molecule has 0 aromatic rings. The molecule has 1 aliphatic carbocycles. The first-order chi connectivity index (χ1) is 4.33. The van der Waals surface area contributed by atoms with E-state index in [2.05, 4.69) is 6.07 Å². The van der Waals surface area contributed by atoms with Crippen LogP contribution in [0.2, 0.25) is 0 Å². The van der Waals surface area contributed by atoms with Gasteiger partial charge in [0.25, 0.3) is 0 Å². The third-order valence-corrected chi connectivity index (χ3v) is 1.56. The Bertz CT molecular complexity index is 164. The molecule has 2 nitrogen and oxygen atoms in total. The van der Waals surface area contributed by atoms with Crippen molar-refractivity contribution in [1.29, 1.82) is 5.26 Å². The monoisotopic (exact) mass is 122 g/mol. The third kappa shape index (κ3) is 1.46. The quantitative estimate of drug-likeness (QED) is 0.524. The largest absolute Gasteiger partial charge is 0.402 e. The average Bonchev–Trinajstić information content (AvgIpc) is 1.88. The minimum absolute atomic E-state index is 0.0822. The van der Waals surface area contributed by atoms with Crippen molar-refractivity contribution >= 4 is 0 Å². The molecule has 1 aliphatic rings. The summed E-state index contributed by atoms with van der Waals surface area (Å²) in [6.45, 7) is 0. The van der Waals surface area contributed by atoms with E-state index in [0.29, 0.717) is 0 Å². The first-order valence-electron chi connectivity index (χ1n) is 3.18. The summed E-state index contributed by atoms with van der Waals surface area (Å²) in [6, 6.07) is 2.18. The van der Waals surface area contributed by atoms with Gasteiger partial charge < -0.3 is 5.73 Å². The fourth-order valence-corrected chi connectivity index (χ4v) is 1.05. The molecule has 0 aliphatic heterocycles. The molecule has 0 fully saturated rings. The van der Waals surface area contributed by atoms with E-state index >= 15 is 0 Å². The number of allylic oxidation sites excluding steroid dienone is 2. The lowest BCUT2D eigenvalue weighted by molar-refractivity contribution is 0.615. The van der Waals surface area contributed by atoms with Crippen molar-refractivity contribution in [3.8, 4) is 6.07 Å². The topological polar surface area (TPSA) is 49.8 Å². The van der Waals surface area contributed by atoms with Crippen molar-refractivity contribution in [1.82, 2.24) is 0 Å². The van der Waals surface area contributed by atoms with Crippen LogP contribution in [0.5, 0.6) is 0 Å². The van der Waals surface area contributed by atoms with Crippen LogP contribution in [0.3, 0.4) is 0 Å². The fourth-order valence-electron chi connectivity index (χ4n) is 1.05. The molecule has 0 saturated heterocycles. The summed E-state index contributed by atoms with van der Waals surface area (Å²) in [5, 5.41) is 8.46. The van der Waals surface area contributed by atoms with E-state index in [4.69, 9.17) is 11.0 Å². The Morgan fingerprint density at radius 1 is 1.78 bits per heavy atom. The Morgan fingerprint density at radius 3 is 3.00 bits per heavy atom. The second-order valence-corrected chi connectivity index (χ2v) is 2.37. The molecule has 0 amide bonds. The Balaban J connectivity index is 2.60. The van der Waals surface area contributed by atoms with E-state index in [1.807, 2.05) is 6.08 Å². The van der Waals surface area contributed by atoms with Crippen LogP contribution in [-0.4, -0.2) is 0 Å². The van der Waals surface area contributed by atoms with Gasteiger partial charge in [0.1, 0.15) is 0 Å². The average molecular weight is 122 g/mol. The predicted molar refractivity (Wildman–Crippen MR) is 35.2 cm³/mol. The highest BCUT2D eigenvalue weighted by molar-refractivity contribution is 5.09. The Hall–Kier alpha value is -0.970. The van der Waals surface area contributed by atoms with Gasteiger partial charge in [-0.15, -0.1) is 0 Å². The van der Waals surface area contributed by atoms with Gasteiger partial charge in [-0.25, -0.2) is 0 Å². The van der Waals surface area contributed by atoms with Crippen LogP contribution >= 0.6 is 0 Å². The van der Waals surface area contributed by atoms with Gasteiger partial charge in [0.2, 0.25) is 0 Å². The molecule has 2 heteroatoms. The van der Waals surface area contributed by atoms with E-state index in [1.165, 1.54) is 0 Å². The standard InChI is InChI=1S/C7H10N2/c8-5-6-2-1-3-7(9)4-6/h4,6H,1-3,9H2. The third-order valence-electron chi connectivity index (χ3n) is 1.56. The zero-order valence-electron chi connectivity index (χ0n) is 5.30. The molecule has 2 N–H and O–H groups in total. The van der Waals surface area contributed by atoms with Crippen molar-refractivity contribution in [3.63, 3.8) is 0 Å². The number of nitrogens with two attached hydrogens (primary N) is 1. The summed E-state index contributed by atoms with van der Waals surface area (Å²) < 4.78 is 0. The van der Waals surface area contributed by atoms with Gasteiger partial charge in [-0.3, -0.25) is 0 Å². The Labute approximate surface area is 55.0 Å². The maximum Gasteiger partial charge on any atom is 0.0698 e. The second-order valence-electron chi connectivity index (χ2n) is 2.37. The van der Waals surface area contributed by atoms with E-state index in [-0.39, 0.29) is 5.92 Å². The van der Waals surface area contributed by atoms with Gasteiger partial charge in [0.15, 0.2) is 0 Å². The Kier molecular flexibility index (Phi) is 1.74. The number of rotatable bonds is 0. The molecule has 0 radical (unpaired) electrons. The normalized spacial score (nSPS) is 26.6. The van der Waals surface area contributed by atoms with Gasteiger partial charge in [-0.2, -0.15) is 5.26 Å². The maximum absolute atomic E-state index is 8.46. The zero-order chi connectivity index (χ0) is 6.69. The molecular formula is C7H10N2. The van der Waals surface area contributed by atoms with Gasteiger partial charge in [0, 0.05) is 5.70 Å². The van der Waals surface area contributed by atoms with Crippen LogP contribution in [-0.2, 0) is 0 Å². The van der Waals surface area contributed by atoms with E-state index < -0.39 is 0 Å². The molecule has 0 spiro atoms. The SMILES string of the molecule is N#CC1C=C(N)CCC1. The molecule has 1 unspecified atom stereocenters. The second kappa shape index (κ2) is 2.54. The molecule has 1 atom stereocenters. The molecule has 48 valence electrons. The summed E-state index contributed by atoms with van der Waals surface area (Å²) in [4.78, 5) is 0. The van der Waals surface area contributed by atoms with Crippen LogP contribution in [0.1, 0.15) is 19.3 Å². The van der Waals surface area contributed by atoms with E-state index in [0.717, 1.165) is 25.0 Å². The van der Waals surface area contributed by atoms with Crippen LogP contribution in [0.15, 0.2) is 11.8 Å².